The number of rotatable bonds is 5. The Bertz CT molecular complexity index is 727. The molecule has 1 aliphatic heterocycles. The number of piperidine rings is 1. The first-order chi connectivity index (χ1) is 13.3. The summed E-state index contributed by atoms with van der Waals surface area (Å²) in [6.45, 7) is 15.4. The first-order valence-corrected chi connectivity index (χ1v) is 11.1. The zero-order valence-corrected chi connectivity index (χ0v) is 17.5. The van der Waals surface area contributed by atoms with E-state index in [9.17, 15) is 14.7 Å². The molecule has 154 valence electrons. The summed E-state index contributed by atoms with van der Waals surface area (Å²) in [5, 5.41) is 9.59. The van der Waals surface area contributed by atoms with Crippen molar-refractivity contribution in [3.8, 4) is 0 Å². The molecule has 1 heterocycles. The number of Topliss-reactive ketones (excluding diaryl/α,β-unsaturated/α-hetero) is 2. The van der Waals surface area contributed by atoms with E-state index in [-0.39, 0.29) is 41.3 Å². The number of hydrogen-bond acceptors (Lipinski definition) is 4. The zero-order chi connectivity index (χ0) is 20.3. The monoisotopic (exact) mass is 385 g/mol. The molecule has 0 aromatic rings. The van der Waals surface area contributed by atoms with Gasteiger partial charge in [-0.3, -0.25) is 9.59 Å². The van der Waals surface area contributed by atoms with Crippen molar-refractivity contribution >= 4 is 11.6 Å². The SMILES string of the molecule is C=C1C(=O)[C@@]23CC[C@@H](CC2[C@@]2(CCCC)CN(CCO)C[C@@H](C)C12)C(=C)C3=O. The minimum Gasteiger partial charge on any atom is -0.395 e. The van der Waals surface area contributed by atoms with Crippen LogP contribution in [0.3, 0.4) is 0 Å². The van der Waals surface area contributed by atoms with Gasteiger partial charge < -0.3 is 10.0 Å². The average molecular weight is 386 g/mol. The molecule has 4 aliphatic carbocycles. The topological polar surface area (TPSA) is 57.6 Å². The van der Waals surface area contributed by atoms with Gasteiger partial charge in [0.15, 0.2) is 11.6 Å². The molecule has 5 rings (SSSR count). The molecule has 6 atom stereocenters. The number of carbonyl (C=O) groups excluding carboxylic acids is 2. The summed E-state index contributed by atoms with van der Waals surface area (Å²) in [6, 6.07) is 0. The van der Waals surface area contributed by atoms with Crippen LogP contribution >= 0.6 is 0 Å². The fourth-order valence-corrected chi connectivity index (χ4v) is 7.67. The highest BCUT2D eigenvalue weighted by Gasteiger charge is 2.71. The van der Waals surface area contributed by atoms with E-state index in [1.54, 1.807) is 0 Å². The molecule has 0 aromatic heterocycles. The predicted molar refractivity (Wildman–Crippen MR) is 110 cm³/mol. The highest BCUT2D eigenvalue weighted by Crippen LogP contribution is 2.68. The molecule has 1 N–H and O–H groups in total. The molecule has 28 heavy (non-hydrogen) atoms. The number of likely N-dealkylation sites (tertiary alicyclic amines) is 1. The third-order valence-corrected chi connectivity index (χ3v) is 8.62. The minimum absolute atomic E-state index is 0.0207. The van der Waals surface area contributed by atoms with E-state index < -0.39 is 5.41 Å². The Balaban J connectivity index is 1.87. The molecule has 0 radical (unpaired) electrons. The molecule has 4 nitrogen and oxygen atoms in total. The number of nitrogens with zero attached hydrogens (tertiary/aromatic N) is 1. The summed E-state index contributed by atoms with van der Waals surface area (Å²) >= 11 is 0. The van der Waals surface area contributed by atoms with Gasteiger partial charge in [-0.05, 0) is 65.9 Å². The molecule has 2 unspecified atom stereocenters. The Kier molecular flexibility index (Phi) is 4.95. The van der Waals surface area contributed by atoms with E-state index in [1.807, 2.05) is 0 Å². The molecular weight excluding hydrogens is 350 g/mol. The van der Waals surface area contributed by atoms with Gasteiger partial charge in [-0.15, -0.1) is 0 Å². The maximum atomic E-state index is 13.7. The van der Waals surface area contributed by atoms with Crippen LogP contribution in [0.2, 0.25) is 0 Å². The summed E-state index contributed by atoms with van der Waals surface area (Å²) < 4.78 is 0. The van der Waals surface area contributed by atoms with Crippen molar-refractivity contribution in [1.29, 1.82) is 0 Å². The van der Waals surface area contributed by atoms with Crippen molar-refractivity contribution in [2.75, 3.05) is 26.2 Å². The molecule has 4 heteroatoms. The highest BCUT2D eigenvalue weighted by atomic mass is 16.3. The first kappa shape index (κ1) is 20.0. The molecule has 0 amide bonds. The van der Waals surface area contributed by atoms with Crippen LogP contribution in [0.25, 0.3) is 0 Å². The Morgan fingerprint density at radius 1 is 1.21 bits per heavy atom. The smallest absolute Gasteiger partial charge is 0.172 e. The normalized spacial score (nSPS) is 43.2. The number of aliphatic hydroxyl groups excluding tert-OH is 1. The zero-order valence-electron chi connectivity index (χ0n) is 17.5. The van der Waals surface area contributed by atoms with Crippen LogP contribution in [0.1, 0.15) is 52.4 Å². The Hall–Kier alpha value is -1.26. The number of fused-ring (bicyclic) bond motifs is 3. The van der Waals surface area contributed by atoms with Crippen LogP contribution in [0.5, 0.6) is 0 Å². The van der Waals surface area contributed by atoms with E-state index in [0.717, 1.165) is 45.2 Å². The highest BCUT2D eigenvalue weighted by molar-refractivity contribution is 6.21. The molecule has 1 saturated heterocycles. The summed E-state index contributed by atoms with van der Waals surface area (Å²) in [4.78, 5) is 29.5. The fourth-order valence-electron chi connectivity index (χ4n) is 7.67. The van der Waals surface area contributed by atoms with E-state index in [4.69, 9.17) is 0 Å². The van der Waals surface area contributed by atoms with Crippen LogP contribution in [0.4, 0.5) is 0 Å². The van der Waals surface area contributed by atoms with Crippen molar-refractivity contribution in [2.45, 2.75) is 52.4 Å². The predicted octanol–water partition coefficient (Wildman–Crippen LogP) is 3.40. The van der Waals surface area contributed by atoms with Crippen molar-refractivity contribution in [2.24, 2.45) is 34.5 Å². The maximum absolute atomic E-state index is 13.7. The van der Waals surface area contributed by atoms with Gasteiger partial charge in [0.2, 0.25) is 0 Å². The summed E-state index contributed by atoms with van der Waals surface area (Å²) in [7, 11) is 0. The van der Waals surface area contributed by atoms with Crippen molar-refractivity contribution in [1.82, 2.24) is 4.90 Å². The van der Waals surface area contributed by atoms with Gasteiger partial charge in [0.1, 0.15) is 0 Å². The Morgan fingerprint density at radius 2 is 1.93 bits per heavy atom. The lowest BCUT2D eigenvalue weighted by Crippen LogP contribution is -2.70. The molecular formula is C24H35NO3. The minimum atomic E-state index is -0.908. The van der Waals surface area contributed by atoms with Gasteiger partial charge in [0.05, 0.1) is 12.0 Å². The standard InChI is InChI=1S/C24H35NO3/c1-5-6-8-23-14-25(10-11-26)13-15(2)20(23)17(4)22(28)24-9-7-18(12-19(23)24)16(3)21(24)27/h15,18-20,26H,3-14H2,1-2H3/t15-,18+,19?,20?,23-,24+/m1/s1. The van der Waals surface area contributed by atoms with Crippen molar-refractivity contribution in [3.05, 3.63) is 24.3 Å². The van der Waals surface area contributed by atoms with Crippen molar-refractivity contribution in [3.63, 3.8) is 0 Å². The number of unbranched alkanes of at least 4 members (excludes halogenated alkanes) is 1. The molecule has 5 fully saturated rings. The lowest BCUT2D eigenvalue weighted by atomic mass is 9.37. The second-order valence-electron chi connectivity index (χ2n) is 9.95. The van der Waals surface area contributed by atoms with Gasteiger partial charge >= 0.3 is 0 Å². The Labute approximate surface area is 169 Å². The summed E-state index contributed by atoms with van der Waals surface area (Å²) in [6.07, 6.45) is 5.74. The van der Waals surface area contributed by atoms with E-state index in [2.05, 4.69) is 31.9 Å². The van der Waals surface area contributed by atoms with Crippen LogP contribution in [0.15, 0.2) is 24.3 Å². The number of β-amino-alcohol motifs (C(OH)–C–C–N with tert-alkyl or cyclic N) is 1. The third-order valence-electron chi connectivity index (χ3n) is 8.62. The van der Waals surface area contributed by atoms with Gasteiger partial charge in [0.25, 0.3) is 0 Å². The lowest BCUT2D eigenvalue weighted by molar-refractivity contribution is -0.177. The first-order valence-electron chi connectivity index (χ1n) is 11.1. The Morgan fingerprint density at radius 3 is 2.61 bits per heavy atom. The largest absolute Gasteiger partial charge is 0.395 e. The number of carbonyl (C=O) groups is 2. The van der Waals surface area contributed by atoms with Crippen molar-refractivity contribution < 1.29 is 14.7 Å². The van der Waals surface area contributed by atoms with Gasteiger partial charge in [-0.2, -0.15) is 0 Å². The summed E-state index contributed by atoms with van der Waals surface area (Å²) in [5.74, 6) is 0.840. The van der Waals surface area contributed by atoms with E-state index in [0.29, 0.717) is 30.0 Å². The number of hydrogen-bond donors (Lipinski definition) is 1. The number of allylic oxidation sites excluding steroid dienone is 2. The van der Waals surface area contributed by atoms with Gasteiger partial charge in [-0.1, -0.05) is 39.8 Å². The average Bonchev–Trinajstić information content (AvgIpc) is 2.68. The molecule has 1 spiro atoms. The summed E-state index contributed by atoms with van der Waals surface area (Å²) in [5.41, 5.74) is 0.381. The van der Waals surface area contributed by atoms with Crippen LogP contribution in [-0.4, -0.2) is 47.8 Å². The third kappa shape index (κ3) is 2.43. The second kappa shape index (κ2) is 6.91. The van der Waals surface area contributed by atoms with Gasteiger partial charge in [-0.25, -0.2) is 0 Å². The van der Waals surface area contributed by atoms with E-state index in [1.165, 1.54) is 0 Å². The fraction of sp³-hybridized carbons (Fsp3) is 0.750. The number of aliphatic hydroxyl groups is 1. The molecule has 2 bridgehead atoms. The van der Waals surface area contributed by atoms with Crippen LogP contribution < -0.4 is 0 Å². The second-order valence-corrected chi connectivity index (χ2v) is 9.95. The van der Waals surface area contributed by atoms with E-state index >= 15 is 0 Å². The quantitative estimate of drug-likeness (QED) is 0.582. The lowest BCUT2D eigenvalue weighted by Gasteiger charge is -2.66. The molecule has 5 aliphatic rings. The molecule has 4 saturated carbocycles. The molecule has 0 aromatic carbocycles. The van der Waals surface area contributed by atoms with Gasteiger partial charge in [0, 0.05) is 19.6 Å². The van der Waals surface area contributed by atoms with Crippen LogP contribution in [-0.2, 0) is 9.59 Å². The number of ketones is 2. The van der Waals surface area contributed by atoms with Crippen LogP contribution in [0, 0.1) is 34.5 Å². The maximum Gasteiger partial charge on any atom is 0.172 e.